The lowest BCUT2D eigenvalue weighted by atomic mass is 10.1. The molecule has 48 valence electrons. The fourth-order valence-corrected chi connectivity index (χ4v) is 0.417. The van der Waals surface area contributed by atoms with Crippen molar-refractivity contribution in [2.24, 2.45) is 5.92 Å². The summed E-state index contributed by atoms with van der Waals surface area (Å²) in [5, 5.41) is 0. The first kappa shape index (κ1) is 7.47. The van der Waals surface area contributed by atoms with Crippen LogP contribution in [0.15, 0.2) is 0 Å². The molecule has 8 heavy (non-hydrogen) atoms. The van der Waals surface area contributed by atoms with Crippen molar-refractivity contribution in [3.63, 3.8) is 0 Å². The molecule has 0 saturated carbocycles. The fraction of sp³-hybridized carbons (Fsp3) is 0.833. The molecule has 0 N–H and O–H groups in total. The minimum Gasteiger partial charge on any atom is -0.469 e. The van der Waals surface area contributed by atoms with Crippen LogP contribution in [-0.2, 0) is 9.53 Å². The predicted octanol–water partition coefficient (Wildman–Crippen LogP) is 1.21. The molecular formula is C6H12O2. The standard InChI is InChI=1S/C6H12O2/c1-5(2)4-6(7)8-3/h5H,4H2,1-3H3. The largest absolute Gasteiger partial charge is 0.469 e. The molecule has 0 fully saturated rings. The molecule has 0 unspecified atom stereocenters. The first-order valence-corrected chi connectivity index (χ1v) is 2.73. The summed E-state index contributed by atoms with van der Waals surface area (Å²) in [4.78, 5) is 10.4. The monoisotopic (exact) mass is 116 g/mol. The van der Waals surface area contributed by atoms with Gasteiger partial charge < -0.3 is 4.74 Å². The Hall–Kier alpha value is -0.530. The van der Waals surface area contributed by atoms with Gasteiger partial charge in [-0.15, -0.1) is 0 Å². The summed E-state index contributed by atoms with van der Waals surface area (Å²) in [5.74, 6) is 0.280. The van der Waals surface area contributed by atoms with Gasteiger partial charge in [-0.25, -0.2) is 0 Å². The van der Waals surface area contributed by atoms with E-state index in [1.54, 1.807) is 0 Å². The van der Waals surface area contributed by atoms with Gasteiger partial charge in [-0.3, -0.25) is 4.79 Å². The van der Waals surface area contributed by atoms with E-state index < -0.39 is 0 Å². The second-order valence-electron chi connectivity index (χ2n) is 2.17. The Labute approximate surface area is 49.8 Å². The van der Waals surface area contributed by atoms with Gasteiger partial charge in [-0.2, -0.15) is 0 Å². The van der Waals surface area contributed by atoms with E-state index in [-0.39, 0.29) is 5.97 Å². The number of carbonyl (C=O) groups excluding carboxylic acids is 1. The Bertz CT molecular complexity index is 76.6. The lowest BCUT2D eigenvalue weighted by molar-refractivity contribution is -0.141. The second kappa shape index (κ2) is 3.47. The van der Waals surface area contributed by atoms with Crippen molar-refractivity contribution in [1.29, 1.82) is 0 Å². The predicted molar refractivity (Wildman–Crippen MR) is 31.5 cm³/mol. The molecule has 2 nitrogen and oxygen atoms in total. The normalized spacial score (nSPS) is 9.50. The third-order valence-electron chi connectivity index (χ3n) is 0.803. The zero-order valence-electron chi connectivity index (χ0n) is 5.60. The van der Waals surface area contributed by atoms with Gasteiger partial charge in [-0.05, 0) is 5.92 Å². The minimum absolute atomic E-state index is 0.125. The maximum atomic E-state index is 10.4. The number of esters is 1. The number of carbonyl (C=O) groups is 1. The van der Waals surface area contributed by atoms with Crippen LogP contribution in [0.2, 0.25) is 0 Å². The number of rotatable bonds is 2. The minimum atomic E-state index is -0.125. The Morgan fingerprint density at radius 3 is 2.25 bits per heavy atom. The Morgan fingerprint density at radius 2 is 2.12 bits per heavy atom. The average molecular weight is 116 g/mol. The molecule has 0 spiro atoms. The lowest BCUT2D eigenvalue weighted by Gasteiger charge is -1.99. The van der Waals surface area contributed by atoms with Crippen LogP contribution >= 0.6 is 0 Å². The molecule has 0 aromatic rings. The lowest BCUT2D eigenvalue weighted by Crippen LogP contribution is -2.03. The Kier molecular flexibility index (Phi) is 3.24. The van der Waals surface area contributed by atoms with Crippen LogP contribution < -0.4 is 0 Å². The summed E-state index contributed by atoms with van der Waals surface area (Å²) in [6, 6.07) is 0. The molecular weight excluding hydrogens is 104 g/mol. The van der Waals surface area contributed by atoms with Crippen LogP contribution in [0.4, 0.5) is 0 Å². The van der Waals surface area contributed by atoms with E-state index >= 15 is 0 Å². The van der Waals surface area contributed by atoms with Gasteiger partial charge in [0.15, 0.2) is 0 Å². The smallest absolute Gasteiger partial charge is 0.305 e. The summed E-state index contributed by atoms with van der Waals surface area (Å²) in [7, 11) is 1.41. The van der Waals surface area contributed by atoms with Crippen molar-refractivity contribution >= 4 is 5.97 Å². The summed E-state index contributed by atoms with van der Waals surface area (Å²) in [6.45, 7) is 3.97. The molecule has 2 heteroatoms. The Balaban J connectivity index is 3.25. The molecule has 0 rings (SSSR count). The SMILES string of the molecule is COC(=O)CC(C)C. The van der Waals surface area contributed by atoms with Crippen molar-refractivity contribution in [2.75, 3.05) is 7.11 Å². The van der Waals surface area contributed by atoms with Crippen molar-refractivity contribution in [3.8, 4) is 0 Å². The van der Waals surface area contributed by atoms with Crippen LogP contribution in [0.3, 0.4) is 0 Å². The molecule has 0 heterocycles. The van der Waals surface area contributed by atoms with E-state index in [0.717, 1.165) is 0 Å². The van der Waals surface area contributed by atoms with E-state index in [0.29, 0.717) is 12.3 Å². The maximum absolute atomic E-state index is 10.4. The summed E-state index contributed by atoms with van der Waals surface area (Å²) in [6.07, 6.45) is 0.524. The van der Waals surface area contributed by atoms with Crippen LogP contribution in [0.25, 0.3) is 0 Å². The highest BCUT2D eigenvalue weighted by Crippen LogP contribution is 1.98. The van der Waals surface area contributed by atoms with Crippen LogP contribution in [-0.4, -0.2) is 13.1 Å². The van der Waals surface area contributed by atoms with Gasteiger partial charge in [0, 0.05) is 6.42 Å². The molecule has 0 amide bonds. The van der Waals surface area contributed by atoms with E-state index in [9.17, 15) is 4.79 Å². The third kappa shape index (κ3) is 3.65. The molecule has 0 saturated heterocycles. The molecule has 0 radical (unpaired) electrons. The number of ether oxygens (including phenoxy) is 1. The second-order valence-corrected chi connectivity index (χ2v) is 2.17. The number of methoxy groups -OCH3 is 1. The van der Waals surface area contributed by atoms with E-state index in [4.69, 9.17) is 0 Å². The number of hydrogen-bond acceptors (Lipinski definition) is 2. The van der Waals surface area contributed by atoms with Crippen molar-refractivity contribution < 1.29 is 9.53 Å². The summed E-state index contributed by atoms with van der Waals surface area (Å²) < 4.78 is 4.42. The zero-order chi connectivity index (χ0) is 6.57. The van der Waals surface area contributed by atoms with E-state index in [2.05, 4.69) is 4.74 Å². The molecule has 0 atom stereocenters. The molecule has 0 aromatic carbocycles. The number of hydrogen-bond donors (Lipinski definition) is 0. The zero-order valence-corrected chi connectivity index (χ0v) is 5.60. The fourth-order valence-electron chi connectivity index (χ4n) is 0.417. The highest BCUT2D eigenvalue weighted by Gasteiger charge is 2.01. The van der Waals surface area contributed by atoms with E-state index in [1.165, 1.54) is 7.11 Å². The molecule has 0 aliphatic carbocycles. The summed E-state index contributed by atoms with van der Waals surface area (Å²) in [5.41, 5.74) is 0. The first-order valence-electron chi connectivity index (χ1n) is 2.73. The first-order chi connectivity index (χ1) is 3.66. The van der Waals surface area contributed by atoms with Gasteiger partial charge >= 0.3 is 5.97 Å². The van der Waals surface area contributed by atoms with Gasteiger partial charge in [0.25, 0.3) is 0 Å². The van der Waals surface area contributed by atoms with Crippen LogP contribution in [0, 0.1) is 5.92 Å². The highest BCUT2D eigenvalue weighted by atomic mass is 16.5. The van der Waals surface area contributed by atoms with Gasteiger partial charge in [0.05, 0.1) is 7.11 Å². The van der Waals surface area contributed by atoms with Gasteiger partial charge in [0.1, 0.15) is 0 Å². The van der Waals surface area contributed by atoms with E-state index in [1.807, 2.05) is 13.8 Å². The molecule has 0 aliphatic heterocycles. The molecule has 0 aromatic heterocycles. The summed E-state index contributed by atoms with van der Waals surface area (Å²) >= 11 is 0. The average Bonchev–Trinajstić information content (AvgIpc) is 1.65. The van der Waals surface area contributed by atoms with Crippen LogP contribution in [0.1, 0.15) is 20.3 Å². The van der Waals surface area contributed by atoms with Gasteiger partial charge in [-0.1, -0.05) is 13.8 Å². The van der Waals surface area contributed by atoms with Crippen molar-refractivity contribution in [2.45, 2.75) is 20.3 Å². The Morgan fingerprint density at radius 1 is 1.62 bits per heavy atom. The van der Waals surface area contributed by atoms with Gasteiger partial charge in [0.2, 0.25) is 0 Å². The molecule has 0 bridgehead atoms. The highest BCUT2D eigenvalue weighted by molar-refractivity contribution is 5.69. The quantitative estimate of drug-likeness (QED) is 0.507. The topological polar surface area (TPSA) is 26.3 Å². The van der Waals surface area contributed by atoms with Crippen molar-refractivity contribution in [1.82, 2.24) is 0 Å². The maximum Gasteiger partial charge on any atom is 0.305 e. The molecule has 0 aliphatic rings. The van der Waals surface area contributed by atoms with Crippen LogP contribution in [0.5, 0.6) is 0 Å². The van der Waals surface area contributed by atoms with Crippen molar-refractivity contribution in [3.05, 3.63) is 0 Å². The third-order valence-corrected chi connectivity index (χ3v) is 0.803.